The monoisotopic (exact) mass is 404 g/mol. The summed E-state index contributed by atoms with van der Waals surface area (Å²) >= 11 is 0. The van der Waals surface area contributed by atoms with Crippen molar-refractivity contribution in [2.24, 2.45) is 0 Å². The first-order chi connectivity index (χ1) is 13.8. The Balaban J connectivity index is 1.70. The molecule has 4 nitrogen and oxygen atoms in total. The third kappa shape index (κ3) is 5.25. The molecule has 0 fully saturated rings. The fraction of sp³-hybridized carbons (Fsp3) is 0.0952. The van der Waals surface area contributed by atoms with Crippen molar-refractivity contribution in [2.45, 2.75) is 12.8 Å². The maximum Gasteiger partial charge on any atom is 0.418 e. The summed E-state index contributed by atoms with van der Waals surface area (Å²) < 4.78 is 57.7. The first kappa shape index (κ1) is 20.2. The predicted molar refractivity (Wildman–Crippen MR) is 99.7 cm³/mol. The first-order valence-corrected chi connectivity index (χ1v) is 8.53. The highest BCUT2D eigenvalue weighted by molar-refractivity contribution is 5.97. The number of nitrogens with one attached hydrogen (secondary N) is 2. The van der Waals surface area contributed by atoms with E-state index in [1.165, 1.54) is 36.4 Å². The standard InChI is InChI=1S/C21H16F4N2O2/c22-15-11-9-14(10-12-15)13-29-19-8-4-1-5-16(19)20(28)27-26-18-7-3-2-6-17(18)21(23,24)25/h1-12,26H,13H2,(H,27,28). The number of benzene rings is 3. The highest BCUT2D eigenvalue weighted by Crippen LogP contribution is 2.34. The highest BCUT2D eigenvalue weighted by Gasteiger charge is 2.33. The molecule has 0 heterocycles. The number of amides is 1. The van der Waals surface area contributed by atoms with Crippen LogP contribution in [-0.4, -0.2) is 5.91 Å². The van der Waals surface area contributed by atoms with Gasteiger partial charge in [-0.1, -0.05) is 36.4 Å². The normalized spacial score (nSPS) is 11.0. The molecule has 0 aliphatic heterocycles. The lowest BCUT2D eigenvalue weighted by atomic mass is 10.1. The summed E-state index contributed by atoms with van der Waals surface area (Å²) in [7, 11) is 0. The summed E-state index contributed by atoms with van der Waals surface area (Å²) in [5.41, 5.74) is 4.21. The van der Waals surface area contributed by atoms with E-state index in [1.54, 1.807) is 30.3 Å². The number of anilines is 1. The van der Waals surface area contributed by atoms with Crippen molar-refractivity contribution in [1.29, 1.82) is 0 Å². The molecule has 0 radical (unpaired) electrons. The molecule has 0 saturated heterocycles. The van der Waals surface area contributed by atoms with Crippen LogP contribution in [-0.2, 0) is 12.8 Å². The van der Waals surface area contributed by atoms with Gasteiger partial charge in [0, 0.05) is 0 Å². The molecule has 0 unspecified atom stereocenters. The number of halogens is 4. The van der Waals surface area contributed by atoms with Crippen molar-refractivity contribution < 1.29 is 27.1 Å². The number of hydrazine groups is 1. The second-order valence-corrected chi connectivity index (χ2v) is 6.03. The Labute approximate surface area is 164 Å². The van der Waals surface area contributed by atoms with Crippen LogP contribution in [0.1, 0.15) is 21.5 Å². The maximum atomic E-state index is 13.1. The third-order valence-electron chi connectivity index (χ3n) is 3.98. The van der Waals surface area contributed by atoms with Crippen LogP contribution >= 0.6 is 0 Å². The fourth-order valence-corrected chi connectivity index (χ4v) is 2.55. The molecule has 3 aromatic rings. The molecule has 2 N–H and O–H groups in total. The van der Waals surface area contributed by atoms with Gasteiger partial charge in [0.1, 0.15) is 18.2 Å². The molecule has 1 amide bonds. The van der Waals surface area contributed by atoms with E-state index < -0.39 is 17.6 Å². The van der Waals surface area contributed by atoms with Gasteiger partial charge in [-0.15, -0.1) is 0 Å². The van der Waals surface area contributed by atoms with E-state index in [2.05, 4.69) is 10.9 Å². The van der Waals surface area contributed by atoms with E-state index in [1.807, 2.05) is 0 Å². The number of para-hydroxylation sites is 2. The van der Waals surface area contributed by atoms with E-state index in [0.717, 1.165) is 6.07 Å². The summed E-state index contributed by atoms with van der Waals surface area (Å²) in [6.07, 6.45) is -4.56. The van der Waals surface area contributed by atoms with Crippen LogP contribution in [0.3, 0.4) is 0 Å². The molecular weight excluding hydrogens is 388 g/mol. The lowest BCUT2D eigenvalue weighted by Crippen LogP contribution is -2.30. The molecular formula is C21H16F4N2O2. The number of hydrogen-bond donors (Lipinski definition) is 2. The van der Waals surface area contributed by atoms with E-state index in [9.17, 15) is 22.4 Å². The molecule has 8 heteroatoms. The zero-order valence-corrected chi connectivity index (χ0v) is 15.0. The molecule has 0 spiro atoms. The number of hydrogen-bond acceptors (Lipinski definition) is 3. The van der Waals surface area contributed by atoms with Gasteiger partial charge < -0.3 is 4.74 Å². The third-order valence-corrected chi connectivity index (χ3v) is 3.98. The van der Waals surface area contributed by atoms with Crippen LogP contribution in [0.2, 0.25) is 0 Å². The SMILES string of the molecule is O=C(NNc1ccccc1C(F)(F)F)c1ccccc1OCc1ccc(F)cc1. The van der Waals surface area contributed by atoms with Gasteiger partial charge in [-0.05, 0) is 42.0 Å². The molecule has 150 valence electrons. The van der Waals surface area contributed by atoms with Crippen LogP contribution in [0.4, 0.5) is 23.2 Å². The van der Waals surface area contributed by atoms with Crippen molar-refractivity contribution in [3.63, 3.8) is 0 Å². The van der Waals surface area contributed by atoms with Crippen LogP contribution in [0.15, 0.2) is 72.8 Å². The van der Waals surface area contributed by atoms with E-state index in [-0.39, 0.29) is 29.4 Å². The number of ether oxygens (including phenoxy) is 1. The van der Waals surface area contributed by atoms with Crippen LogP contribution in [0.5, 0.6) is 5.75 Å². The molecule has 0 saturated carbocycles. The quantitative estimate of drug-likeness (QED) is 0.440. The summed E-state index contributed by atoms with van der Waals surface area (Å²) in [6.45, 7) is 0.0922. The largest absolute Gasteiger partial charge is 0.488 e. The van der Waals surface area contributed by atoms with Crippen molar-refractivity contribution in [3.8, 4) is 5.75 Å². The van der Waals surface area contributed by atoms with Gasteiger partial charge in [0.15, 0.2) is 0 Å². The molecule has 0 atom stereocenters. The van der Waals surface area contributed by atoms with E-state index >= 15 is 0 Å². The zero-order chi connectivity index (χ0) is 20.9. The summed E-state index contributed by atoms with van der Waals surface area (Å²) in [4.78, 5) is 12.5. The van der Waals surface area contributed by atoms with Crippen LogP contribution in [0, 0.1) is 5.82 Å². The van der Waals surface area contributed by atoms with Crippen molar-refractivity contribution >= 4 is 11.6 Å². The smallest absolute Gasteiger partial charge is 0.418 e. The van der Waals surface area contributed by atoms with Gasteiger partial charge in [0.05, 0.1) is 16.8 Å². The predicted octanol–water partition coefficient (Wildman–Crippen LogP) is 5.18. The second-order valence-electron chi connectivity index (χ2n) is 6.03. The van der Waals surface area contributed by atoms with Gasteiger partial charge in [-0.2, -0.15) is 13.2 Å². The molecule has 0 aliphatic rings. The Morgan fingerprint density at radius 2 is 1.55 bits per heavy atom. The number of rotatable bonds is 6. The van der Waals surface area contributed by atoms with Crippen LogP contribution < -0.4 is 15.6 Å². The number of carbonyl (C=O) groups is 1. The first-order valence-electron chi connectivity index (χ1n) is 8.53. The van der Waals surface area contributed by atoms with Gasteiger partial charge in [-0.3, -0.25) is 15.6 Å². The maximum absolute atomic E-state index is 13.1. The number of alkyl halides is 3. The minimum absolute atomic E-state index is 0.0922. The van der Waals surface area contributed by atoms with Gasteiger partial charge in [-0.25, -0.2) is 4.39 Å². The summed E-state index contributed by atoms with van der Waals surface area (Å²) in [6, 6.07) is 16.8. The molecule has 0 bridgehead atoms. The van der Waals surface area contributed by atoms with Gasteiger partial charge in [0.2, 0.25) is 0 Å². The lowest BCUT2D eigenvalue weighted by Gasteiger charge is -2.16. The Hall–Kier alpha value is -3.55. The second kappa shape index (κ2) is 8.64. The lowest BCUT2D eigenvalue weighted by molar-refractivity contribution is -0.137. The minimum Gasteiger partial charge on any atom is -0.488 e. The Bertz CT molecular complexity index is 988. The highest BCUT2D eigenvalue weighted by atomic mass is 19.4. The fourth-order valence-electron chi connectivity index (χ4n) is 2.55. The average molecular weight is 404 g/mol. The molecule has 3 rings (SSSR count). The molecule has 29 heavy (non-hydrogen) atoms. The Morgan fingerprint density at radius 1 is 0.897 bits per heavy atom. The van der Waals surface area contributed by atoms with Gasteiger partial charge >= 0.3 is 6.18 Å². The molecule has 0 aliphatic carbocycles. The molecule has 0 aromatic heterocycles. The topological polar surface area (TPSA) is 50.4 Å². The summed E-state index contributed by atoms with van der Waals surface area (Å²) in [5, 5.41) is 0. The van der Waals surface area contributed by atoms with E-state index in [0.29, 0.717) is 5.56 Å². The van der Waals surface area contributed by atoms with E-state index in [4.69, 9.17) is 4.74 Å². The van der Waals surface area contributed by atoms with Crippen molar-refractivity contribution in [1.82, 2.24) is 5.43 Å². The average Bonchev–Trinajstić information content (AvgIpc) is 2.71. The summed E-state index contributed by atoms with van der Waals surface area (Å²) in [5.74, 6) is -0.810. The Kier molecular flexibility index (Phi) is 6.01. The molecule has 3 aromatic carbocycles. The minimum atomic E-state index is -4.56. The number of carbonyl (C=O) groups excluding carboxylic acids is 1. The van der Waals surface area contributed by atoms with Gasteiger partial charge in [0.25, 0.3) is 5.91 Å². The van der Waals surface area contributed by atoms with Crippen LogP contribution in [0.25, 0.3) is 0 Å². The van der Waals surface area contributed by atoms with Crippen molar-refractivity contribution in [2.75, 3.05) is 5.43 Å². The van der Waals surface area contributed by atoms with Crippen molar-refractivity contribution in [3.05, 3.63) is 95.3 Å². The Morgan fingerprint density at radius 3 is 2.28 bits per heavy atom. The zero-order valence-electron chi connectivity index (χ0n) is 15.0.